The Hall–Kier alpha value is -2.29. The second kappa shape index (κ2) is 8.53. The van der Waals surface area contributed by atoms with Crippen LogP contribution in [0, 0.1) is 0 Å². The number of hydrogen-bond acceptors (Lipinski definition) is 1. The van der Waals surface area contributed by atoms with Crippen LogP contribution in [0.3, 0.4) is 0 Å². The first-order chi connectivity index (χ1) is 11.8. The van der Waals surface area contributed by atoms with Gasteiger partial charge in [-0.25, -0.2) is 4.99 Å². The molecule has 2 aromatic carbocycles. The summed E-state index contributed by atoms with van der Waals surface area (Å²) in [5.74, 6) is 0.676. The zero-order valence-electron chi connectivity index (χ0n) is 14.3. The van der Waals surface area contributed by atoms with Gasteiger partial charge in [-0.05, 0) is 24.0 Å². The number of guanidine groups is 1. The fourth-order valence-corrected chi connectivity index (χ4v) is 3.30. The van der Waals surface area contributed by atoms with E-state index in [1.54, 1.807) is 0 Å². The molecule has 0 bridgehead atoms. The van der Waals surface area contributed by atoms with Crippen LogP contribution in [0.5, 0.6) is 0 Å². The van der Waals surface area contributed by atoms with Crippen molar-refractivity contribution in [2.24, 2.45) is 10.7 Å². The van der Waals surface area contributed by atoms with Gasteiger partial charge in [0, 0.05) is 13.1 Å². The van der Waals surface area contributed by atoms with Crippen LogP contribution in [0.25, 0.3) is 0 Å². The molecule has 24 heavy (non-hydrogen) atoms. The van der Waals surface area contributed by atoms with Crippen molar-refractivity contribution in [3.8, 4) is 0 Å². The van der Waals surface area contributed by atoms with E-state index in [0.29, 0.717) is 12.0 Å². The summed E-state index contributed by atoms with van der Waals surface area (Å²) in [6, 6.07) is 21.4. The highest BCUT2D eigenvalue weighted by atomic mass is 15.3. The van der Waals surface area contributed by atoms with Crippen molar-refractivity contribution in [3.05, 3.63) is 71.8 Å². The van der Waals surface area contributed by atoms with E-state index in [1.165, 1.54) is 43.2 Å². The molecular formula is C21H27N3. The summed E-state index contributed by atoms with van der Waals surface area (Å²) < 4.78 is 0. The molecule has 0 aromatic heterocycles. The summed E-state index contributed by atoms with van der Waals surface area (Å²) in [7, 11) is 0. The van der Waals surface area contributed by atoms with Gasteiger partial charge in [-0.3, -0.25) is 0 Å². The van der Waals surface area contributed by atoms with Crippen LogP contribution in [-0.2, 0) is 13.1 Å². The molecule has 3 nitrogen and oxygen atoms in total. The molecule has 0 radical (unpaired) electrons. The summed E-state index contributed by atoms with van der Waals surface area (Å²) >= 11 is 0. The van der Waals surface area contributed by atoms with Crippen LogP contribution < -0.4 is 5.73 Å². The van der Waals surface area contributed by atoms with Crippen molar-refractivity contribution >= 4 is 5.96 Å². The molecule has 0 amide bonds. The molecule has 2 aromatic rings. The van der Waals surface area contributed by atoms with Crippen molar-refractivity contribution in [2.45, 2.75) is 51.2 Å². The lowest BCUT2D eigenvalue weighted by molar-refractivity contribution is 0.386. The molecule has 126 valence electrons. The molecule has 0 spiro atoms. The Balaban J connectivity index is 1.76. The smallest absolute Gasteiger partial charge is 0.192 e. The van der Waals surface area contributed by atoms with Gasteiger partial charge < -0.3 is 10.6 Å². The maximum atomic E-state index is 6.42. The molecule has 2 N–H and O–H groups in total. The summed E-state index contributed by atoms with van der Waals surface area (Å²) in [4.78, 5) is 7.04. The van der Waals surface area contributed by atoms with E-state index >= 15 is 0 Å². The molecule has 0 unspecified atom stereocenters. The van der Waals surface area contributed by atoms with Crippen LogP contribution in [0.2, 0.25) is 0 Å². The van der Waals surface area contributed by atoms with E-state index < -0.39 is 0 Å². The molecule has 3 heteroatoms. The van der Waals surface area contributed by atoms with Crippen LogP contribution in [0.15, 0.2) is 65.7 Å². The fraction of sp³-hybridized carbons (Fsp3) is 0.381. The van der Waals surface area contributed by atoms with E-state index in [9.17, 15) is 0 Å². The first kappa shape index (κ1) is 16.6. The van der Waals surface area contributed by atoms with Crippen molar-refractivity contribution in [1.29, 1.82) is 0 Å². The van der Waals surface area contributed by atoms with Crippen LogP contribution in [0.4, 0.5) is 0 Å². The topological polar surface area (TPSA) is 41.6 Å². The predicted octanol–water partition coefficient (Wildman–Crippen LogP) is 4.34. The Bertz CT molecular complexity index is 589. The van der Waals surface area contributed by atoms with E-state index in [4.69, 9.17) is 10.7 Å². The Labute approximate surface area is 145 Å². The van der Waals surface area contributed by atoms with E-state index in [0.717, 1.165) is 13.1 Å². The zero-order valence-corrected chi connectivity index (χ0v) is 14.3. The first-order valence-electron chi connectivity index (χ1n) is 8.97. The second-order valence-electron chi connectivity index (χ2n) is 6.61. The molecule has 1 aliphatic carbocycles. The lowest BCUT2D eigenvalue weighted by atomic mass is 9.96. The van der Waals surface area contributed by atoms with Crippen molar-refractivity contribution in [3.63, 3.8) is 0 Å². The average Bonchev–Trinajstić information content (AvgIpc) is 2.64. The number of aliphatic imine (C=N–C) groups is 1. The van der Waals surface area contributed by atoms with Crippen LogP contribution in [-0.4, -0.2) is 16.9 Å². The summed E-state index contributed by atoms with van der Waals surface area (Å²) in [6.07, 6.45) is 6.23. The summed E-state index contributed by atoms with van der Waals surface area (Å²) in [6.45, 7) is 1.58. The molecule has 1 saturated carbocycles. The quantitative estimate of drug-likeness (QED) is 0.657. The van der Waals surface area contributed by atoms with Gasteiger partial charge in [0.2, 0.25) is 0 Å². The van der Waals surface area contributed by atoms with Gasteiger partial charge in [0.25, 0.3) is 0 Å². The van der Waals surface area contributed by atoms with Gasteiger partial charge in [0.05, 0.1) is 6.04 Å². The first-order valence-corrected chi connectivity index (χ1v) is 8.97. The fourth-order valence-electron chi connectivity index (χ4n) is 3.30. The number of nitrogens with two attached hydrogens (primary N) is 1. The third-order valence-corrected chi connectivity index (χ3v) is 4.65. The number of rotatable bonds is 5. The van der Waals surface area contributed by atoms with Gasteiger partial charge in [-0.2, -0.15) is 0 Å². The van der Waals surface area contributed by atoms with Gasteiger partial charge in [0.15, 0.2) is 5.96 Å². The predicted molar refractivity (Wildman–Crippen MR) is 101 cm³/mol. The van der Waals surface area contributed by atoms with E-state index in [-0.39, 0.29) is 0 Å². The molecule has 3 rings (SSSR count). The Morgan fingerprint density at radius 1 is 0.833 bits per heavy atom. The van der Waals surface area contributed by atoms with Gasteiger partial charge in [-0.1, -0.05) is 79.9 Å². The number of nitrogens with zero attached hydrogens (tertiary/aromatic N) is 2. The molecule has 1 aliphatic rings. The Morgan fingerprint density at radius 2 is 1.33 bits per heavy atom. The molecular weight excluding hydrogens is 294 g/mol. The minimum absolute atomic E-state index is 0.396. The van der Waals surface area contributed by atoms with Gasteiger partial charge in [-0.15, -0.1) is 0 Å². The standard InChI is InChI=1S/C21H27N3/c22-21(23-20-14-8-3-9-15-20)24(16-18-10-4-1-5-11-18)17-19-12-6-2-7-13-19/h1-2,4-7,10-13,20H,3,8-9,14-17H2,(H2,22,23). The minimum atomic E-state index is 0.396. The highest BCUT2D eigenvalue weighted by molar-refractivity contribution is 5.78. The third-order valence-electron chi connectivity index (χ3n) is 4.65. The van der Waals surface area contributed by atoms with Crippen LogP contribution >= 0.6 is 0 Å². The molecule has 0 heterocycles. The molecule has 0 atom stereocenters. The van der Waals surface area contributed by atoms with Crippen LogP contribution in [0.1, 0.15) is 43.2 Å². The average molecular weight is 321 g/mol. The summed E-state index contributed by atoms with van der Waals surface area (Å²) in [5, 5.41) is 0. The van der Waals surface area contributed by atoms with E-state index in [2.05, 4.69) is 53.4 Å². The number of hydrogen-bond donors (Lipinski definition) is 1. The molecule has 0 saturated heterocycles. The van der Waals surface area contributed by atoms with Crippen molar-refractivity contribution in [1.82, 2.24) is 4.90 Å². The Kier molecular flexibility index (Phi) is 5.89. The lowest BCUT2D eigenvalue weighted by Crippen LogP contribution is -2.37. The normalized spacial score (nSPS) is 16.1. The van der Waals surface area contributed by atoms with Crippen molar-refractivity contribution < 1.29 is 0 Å². The van der Waals surface area contributed by atoms with Gasteiger partial charge in [0.1, 0.15) is 0 Å². The third kappa shape index (κ3) is 4.85. The second-order valence-corrected chi connectivity index (χ2v) is 6.61. The highest BCUT2D eigenvalue weighted by Crippen LogP contribution is 2.21. The molecule has 1 fully saturated rings. The highest BCUT2D eigenvalue weighted by Gasteiger charge is 2.15. The van der Waals surface area contributed by atoms with Crippen molar-refractivity contribution in [2.75, 3.05) is 0 Å². The minimum Gasteiger partial charge on any atom is -0.370 e. The van der Waals surface area contributed by atoms with E-state index in [1.807, 2.05) is 12.1 Å². The van der Waals surface area contributed by atoms with Gasteiger partial charge >= 0.3 is 0 Å². The number of benzene rings is 2. The Morgan fingerprint density at radius 3 is 1.83 bits per heavy atom. The zero-order chi connectivity index (χ0) is 16.6. The maximum Gasteiger partial charge on any atom is 0.192 e. The SMILES string of the molecule is NC(=NC1CCCCC1)N(Cc1ccccc1)Cc1ccccc1. The summed E-state index contributed by atoms with van der Waals surface area (Å²) in [5.41, 5.74) is 8.94. The monoisotopic (exact) mass is 321 g/mol. The largest absolute Gasteiger partial charge is 0.370 e. The maximum absolute atomic E-state index is 6.42. The molecule has 0 aliphatic heterocycles. The lowest BCUT2D eigenvalue weighted by Gasteiger charge is -2.26.